The Balaban J connectivity index is 1.74. The normalized spacial score (nSPS) is 20.7. The fourth-order valence-electron chi connectivity index (χ4n) is 3.57. The van der Waals surface area contributed by atoms with Crippen LogP contribution in [0, 0.1) is 12.3 Å². The quantitative estimate of drug-likeness (QED) is 0.848. The molecule has 1 aromatic rings. The van der Waals surface area contributed by atoms with Gasteiger partial charge in [-0.1, -0.05) is 0 Å². The van der Waals surface area contributed by atoms with E-state index in [-0.39, 0.29) is 16.9 Å². The fourth-order valence-corrected chi connectivity index (χ4v) is 3.57. The highest BCUT2D eigenvalue weighted by molar-refractivity contribution is 5.65. The van der Waals surface area contributed by atoms with Gasteiger partial charge in [-0.15, -0.1) is 0 Å². The number of rotatable bonds is 1. The zero-order valence-corrected chi connectivity index (χ0v) is 13.3. The molecule has 0 atom stereocenters. The second kappa shape index (κ2) is 5.78. The van der Waals surface area contributed by atoms with E-state index in [0.29, 0.717) is 26.2 Å². The van der Waals surface area contributed by atoms with Crippen LogP contribution in [0.2, 0.25) is 0 Å². The van der Waals surface area contributed by atoms with Crippen molar-refractivity contribution in [2.24, 2.45) is 5.41 Å². The molecule has 132 valence electrons. The number of amides is 1. The molecule has 6 nitrogen and oxygen atoms in total. The molecular formula is C15H19F3N4O2. The zero-order valence-electron chi connectivity index (χ0n) is 13.3. The van der Waals surface area contributed by atoms with Crippen LogP contribution in [-0.4, -0.2) is 52.2 Å². The van der Waals surface area contributed by atoms with Gasteiger partial charge in [0.25, 0.3) is 0 Å². The predicted octanol–water partition coefficient (Wildman–Crippen LogP) is 2.77. The maximum Gasteiger partial charge on any atom is 0.435 e. The van der Waals surface area contributed by atoms with Gasteiger partial charge in [-0.3, -0.25) is 4.98 Å². The van der Waals surface area contributed by atoms with Gasteiger partial charge >= 0.3 is 12.3 Å². The Kier molecular flexibility index (Phi) is 4.05. The molecule has 2 aliphatic heterocycles. The predicted molar refractivity (Wildman–Crippen MR) is 79.9 cm³/mol. The second-order valence-electron chi connectivity index (χ2n) is 6.60. The van der Waals surface area contributed by atoms with Gasteiger partial charge in [0.1, 0.15) is 5.82 Å². The van der Waals surface area contributed by atoms with Gasteiger partial charge in [0.05, 0.1) is 11.9 Å². The van der Waals surface area contributed by atoms with Crippen molar-refractivity contribution in [2.75, 3.05) is 31.1 Å². The minimum atomic E-state index is -4.52. The van der Waals surface area contributed by atoms with Gasteiger partial charge in [0.15, 0.2) is 5.69 Å². The van der Waals surface area contributed by atoms with Gasteiger partial charge in [-0.05, 0) is 31.6 Å². The second-order valence-corrected chi connectivity index (χ2v) is 6.60. The molecule has 1 N–H and O–H groups in total. The maximum absolute atomic E-state index is 13.0. The summed E-state index contributed by atoms with van der Waals surface area (Å²) >= 11 is 0. The first-order valence-corrected chi connectivity index (χ1v) is 7.84. The Labute approximate surface area is 137 Å². The molecule has 2 aliphatic rings. The zero-order chi connectivity index (χ0) is 17.5. The van der Waals surface area contributed by atoms with E-state index in [1.54, 1.807) is 0 Å². The van der Waals surface area contributed by atoms with Gasteiger partial charge in [0.2, 0.25) is 0 Å². The molecule has 2 fully saturated rings. The van der Waals surface area contributed by atoms with Gasteiger partial charge in [-0.25, -0.2) is 9.78 Å². The van der Waals surface area contributed by atoms with Crippen LogP contribution in [0.1, 0.15) is 30.7 Å². The number of likely N-dealkylation sites (tertiary alicyclic amines) is 1. The van der Waals surface area contributed by atoms with Crippen LogP contribution < -0.4 is 4.90 Å². The van der Waals surface area contributed by atoms with Gasteiger partial charge in [-0.2, -0.15) is 13.2 Å². The van der Waals surface area contributed by atoms with E-state index in [0.717, 1.165) is 19.3 Å². The number of anilines is 1. The van der Waals surface area contributed by atoms with E-state index in [1.165, 1.54) is 18.0 Å². The number of halogens is 3. The third-order valence-electron chi connectivity index (χ3n) is 5.07. The van der Waals surface area contributed by atoms with E-state index in [4.69, 9.17) is 5.11 Å². The Bertz CT molecular complexity index is 642. The van der Waals surface area contributed by atoms with E-state index >= 15 is 0 Å². The number of carbonyl (C=O) groups is 1. The molecule has 1 amide bonds. The first-order chi connectivity index (χ1) is 11.2. The number of alkyl halides is 3. The SMILES string of the molecule is Cc1ncc(N2CCC3(CCN(C(=O)O)CC3)C2)nc1C(F)(F)F. The largest absolute Gasteiger partial charge is 0.465 e. The van der Waals surface area contributed by atoms with Crippen LogP contribution in [0.5, 0.6) is 0 Å². The van der Waals surface area contributed by atoms with Crippen LogP contribution >= 0.6 is 0 Å². The molecule has 1 spiro atoms. The van der Waals surface area contributed by atoms with E-state index in [9.17, 15) is 18.0 Å². The molecule has 0 bridgehead atoms. The van der Waals surface area contributed by atoms with E-state index in [2.05, 4.69) is 9.97 Å². The fraction of sp³-hybridized carbons (Fsp3) is 0.667. The molecule has 3 heterocycles. The number of piperidine rings is 1. The summed E-state index contributed by atoms with van der Waals surface area (Å²) in [4.78, 5) is 21.8. The van der Waals surface area contributed by atoms with Crippen molar-refractivity contribution in [2.45, 2.75) is 32.4 Å². The first kappa shape index (κ1) is 16.8. The summed E-state index contributed by atoms with van der Waals surface area (Å²) in [6.07, 6.45) is -1.77. The Morgan fingerprint density at radius 2 is 1.88 bits per heavy atom. The maximum atomic E-state index is 13.0. The van der Waals surface area contributed by atoms with Crippen LogP contribution in [0.3, 0.4) is 0 Å². The van der Waals surface area contributed by atoms with E-state index < -0.39 is 18.0 Å². The number of aryl methyl sites for hydroxylation is 1. The number of hydrogen-bond acceptors (Lipinski definition) is 4. The lowest BCUT2D eigenvalue weighted by Gasteiger charge is -2.38. The molecule has 3 rings (SSSR count). The van der Waals surface area contributed by atoms with Crippen LogP contribution in [0.25, 0.3) is 0 Å². The minimum absolute atomic E-state index is 0.0447. The lowest BCUT2D eigenvalue weighted by molar-refractivity contribution is -0.141. The Morgan fingerprint density at radius 3 is 2.46 bits per heavy atom. The lowest BCUT2D eigenvalue weighted by atomic mass is 9.78. The molecular weight excluding hydrogens is 325 g/mol. The molecule has 0 aromatic carbocycles. The Hall–Kier alpha value is -2.06. The Morgan fingerprint density at radius 1 is 1.25 bits per heavy atom. The summed E-state index contributed by atoms with van der Waals surface area (Å²) in [5, 5.41) is 9.02. The summed E-state index contributed by atoms with van der Waals surface area (Å²) in [6.45, 7) is 3.44. The highest BCUT2D eigenvalue weighted by Gasteiger charge is 2.42. The summed E-state index contributed by atoms with van der Waals surface area (Å²) in [7, 11) is 0. The van der Waals surface area contributed by atoms with Crippen molar-refractivity contribution < 1.29 is 23.1 Å². The summed E-state index contributed by atoms with van der Waals surface area (Å²) in [6, 6.07) is 0. The van der Waals surface area contributed by atoms with Crippen LogP contribution in [0.4, 0.5) is 23.8 Å². The van der Waals surface area contributed by atoms with Crippen molar-refractivity contribution in [1.29, 1.82) is 0 Å². The topological polar surface area (TPSA) is 69.6 Å². The number of aromatic nitrogens is 2. The van der Waals surface area contributed by atoms with Crippen molar-refractivity contribution >= 4 is 11.9 Å². The summed E-state index contributed by atoms with van der Waals surface area (Å²) in [5.74, 6) is 0.241. The van der Waals surface area contributed by atoms with Crippen molar-refractivity contribution in [1.82, 2.24) is 14.9 Å². The highest BCUT2D eigenvalue weighted by atomic mass is 19.4. The molecule has 1 aromatic heterocycles. The van der Waals surface area contributed by atoms with Crippen molar-refractivity contribution in [3.8, 4) is 0 Å². The highest BCUT2D eigenvalue weighted by Crippen LogP contribution is 2.42. The molecule has 9 heteroatoms. The lowest BCUT2D eigenvalue weighted by Crippen LogP contribution is -2.43. The third kappa shape index (κ3) is 3.11. The number of carboxylic acid groups (broad SMARTS) is 1. The average Bonchev–Trinajstić information content (AvgIpc) is 2.91. The number of hydrogen-bond donors (Lipinski definition) is 1. The number of nitrogens with zero attached hydrogens (tertiary/aromatic N) is 4. The van der Waals surface area contributed by atoms with Crippen LogP contribution in [0.15, 0.2) is 6.20 Å². The third-order valence-corrected chi connectivity index (χ3v) is 5.07. The molecule has 2 saturated heterocycles. The van der Waals surface area contributed by atoms with Crippen molar-refractivity contribution in [3.63, 3.8) is 0 Å². The smallest absolute Gasteiger partial charge is 0.435 e. The first-order valence-electron chi connectivity index (χ1n) is 7.84. The monoisotopic (exact) mass is 344 g/mol. The van der Waals surface area contributed by atoms with Gasteiger partial charge < -0.3 is 14.9 Å². The molecule has 0 radical (unpaired) electrons. The van der Waals surface area contributed by atoms with Crippen LogP contribution in [-0.2, 0) is 6.18 Å². The molecule has 0 aliphatic carbocycles. The summed E-state index contributed by atoms with van der Waals surface area (Å²) in [5.41, 5.74) is -1.12. The standard InChI is InChI=1S/C15H19F3N4O2/c1-10-12(15(16,17)18)20-11(8-19-10)22-7-4-14(9-22)2-5-21(6-3-14)13(23)24/h8H,2-7,9H2,1H3,(H,23,24). The minimum Gasteiger partial charge on any atom is -0.465 e. The summed E-state index contributed by atoms with van der Waals surface area (Å²) < 4.78 is 39.0. The molecule has 24 heavy (non-hydrogen) atoms. The molecule has 0 unspecified atom stereocenters. The van der Waals surface area contributed by atoms with Gasteiger partial charge in [0, 0.05) is 26.2 Å². The van der Waals surface area contributed by atoms with Crippen molar-refractivity contribution in [3.05, 3.63) is 17.6 Å². The van der Waals surface area contributed by atoms with E-state index in [1.807, 2.05) is 4.90 Å². The molecule has 0 saturated carbocycles. The average molecular weight is 344 g/mol.